The molecule has 52 heavy (non-hydrogen) atoms. The van der Waals surface area contributed by atoms with Crippen LogP contribution in [0.2, 0.25) is 0 Å². The number of aromatic nitrogens is 1. The Labute approximate surface area is 300 Å². The van der Waals surface area contributed by atoms with E-state index >= 15 is 0 Å². The first-order valence-electron chi connectivity index (χ1n) is 18.1. The van der Waals surface area contributed by atoms with E-state index < -0.39 is 0 Å². The van der Waals surface area contributed by atoms with Gasteiger partial charge in [-0.3, -0.25) is 0 Å². The van der Waals surface area contributed by atoms with Crippen LogP contribution in [0, 0.1) is 5.92 Å². The van der Waals surface area contributed by atoms with Crippen LogP contribution >= 0.6 is 0 Å². The quantitative estimate of drug-likeness (QED) is 0.187. The standard InChI is InChI=1S/C49H33NO2/c1-30-13-12-18-35(27-30)50-40-21-10-8-19-36(40)38-28-33(23-25-41(38)50)34-24-26-43-39(29-34)47-44(31-14-4-2-5-15-31)46-37-20-9-11-22-42(37)51-48(46)45(49(47)52-43)32-16-6-3-7-17-32/h2-12,14-30H,13H2,1H3. The summed E-state index contributed by atoms with van der Waals surface area (Å²) in [5, 5.41) is 6.90. The van der Waals surface area contributed by atoms with Gasteiger partial charge in [0, 0.05) is 43.6 Å². The zero-order chi connectivity index (χ0) is 34.3. The maximum absolute atomic E-state index is 6.93. The molecule has 0 saturated heterocycles. The van der Waals surface area contributed by atoms with Gasteiger partial charge in [0.15, 0.2) is 0 Å². The molecule has 0 aliphatic heterocycles. The van der Waals surface area contributed by atoms with Gasteiger partial charge in [-0.2, -0.15) is 0 Å². The summed E-state index contributed by atoms with van der Waals surface area (Å²) in [4.78, 5) is 0. The Bertz CT molecular complexity index is 3100. The maximum atomic E-state index is 6.93. The second kappa shape index (κ2) is 11.2. The van der Waals surface area contributed by atoms with E-state index in [1.54, 1.807) is 0 Å². The van der Waals surface area contributed by atoms with Crippen LogP contribution in [0.5, 0.6) is 0 Å². The van der Waals surface area contributed by atoms with Crippen LogP contribution in [-0.4, -0.2) is 4.57 Å². The number of fused-ring (bicyclic) bond motifs is 9. The Morgan fingerprint density at radius 3 is 1.83 bits per heavy atom. The molecule has 0 bridgehead atoms. The van der Waals surface area contributed by atoms with Crippen molar-refractivity contribution in [2.45, 2.75) is 13.3 Å². The predicted molar refractivity (Wildman–Crippen MR) is 218 cm³/mol. The van der Waals surface area contributed by atoms with Crippen molar-refractivity contribution < 1.29 is 8.83 Å². The van der Waals surface area contributed by atoms with Gasteiger partial charge in [0.1, 0.15) is 22.3 Å². The molecule has 10 aromatic rings. The minimum atomic E-state index is 0.511. The van der Waals surface area contributed by atoms with Crippen molar-refractivity contribution in [2.24, 2.45) is 5.92 Å². The highest BCUT2D eigenvalue weighted by molar-refractivity contribution is 6.30. The predicted octanol–water partition coefficient (Wildman–Crippen LogP) is 14.0. The lowest BCUT2D eigenvalue weighted by Gasteiger charge is -2.15. The van der Waals surface area contributed by atoms with E-state index in [1.807, 2.05) is 6.07 Å². The number of rotatable bonds is 4. The number of para-hydroxylation sites is 2. The average molecular weight is 668 g/mol. The molecule has 0 N–H and O–H groups in total. The first-order chi connectivity index (χ1) is 25.7. The third kappa shape index (κ3) is 4.26. The lowest BCUT2D eigenvalue weighted by molar-refractivity contribution is 0.658. The molecule has 0 saturated carbocycles. The first kappa shape index (κ1) is 29.2. The Balaban J connectivity index is 1.22. The molecule has 11 rings (SSSR count). The topological polar surface area (TPSA) is 31.2 Å². The van der Waals surface area contributed by atoms with Crippen molar-refractivity contribution in [3.8, 4) is 33.4 Å². The summed E-state index contributed by atoms with van der Waals surface area (Å²) in [5.74, 6) is 0.511. The minimum Gasteiger partial charge on any atom is -0.455 e. The normalized spacial score (nSPS) is 14.8. The minimum absolute atomic E-state index is 0.511. The Hall–Kier alpha value is -6.58. The lowest BCUT2D eigenvalue weighted by Crippen LogP contribution is -2.01. The number of allylic oxidation sites excluding steroid dienone is 4. The van der Waals surface area contributed by atoms with Crippen LogP contribution in [0.4, 0.5) is 0 Å². The fraction of sp³-hybridized carbons (Fsp3) is 0.0612. The molecule has 0 spiro atoms. The summed E-state index contributed by atoms with van der Waals surface area (Å²) in [5.41, 5.74) is 13.7. The molecule has 0 amide bonds. The highest BCUT2D eigenvalue weighted by Gasteiger charge is 2.26. The van der Waals surface area contributed by atoms with E-state index in [2.05, 4.69) is 169 Å². The van der Waals surface area contributed by atoms with Gasteiger partial charge in [-0.1, -0.05) is 128 Å². The highest BCUT2D eigenvalue weighted by atomic mass is 16.3. The monoisotopic (exact) mass is 667 g/mol. The largest absolute Gasteiger partial charge is 0.455 e. The molecule has 1 aliphatic carbocycles. The summed E-state index contributed by atoms with van der Waals surface area (Å²) in [6.45, 7) is 2.29. The SMILES string of the molecule is CC1C=C(n2c3ccccc3c3cc(-c4ccc5oc6c(-c7ccccc7)c7oc8ccccc8c7c(-c7ccccc7)c6c5c4)ccc32)C=CC1. The Morgan fingerprint density at radius 1 is 0.500 bits per heavy atom. The number of nitrogens with zero attached hydrogens (tertiary/aromatic N) is 1. The number of hydrogen-bond acceptors (Lipinski definition) is 2. The van der Waals surface area contributed by atoms with Gasteiger partial charge in [-0.25, -0.2) is 0 Å². The van der Waals surface area contributed by atoms with Crippen molar-refractivity contribution in [1.82, 2.24) is 4.57 Å². The zero-order valence-electron chi connectivity index (χ0n) is 28.6. The summed E-state index contributed by atoms with van der Waals surface area (Å²) < 4.78 is 16.1. The first-order valence-corrected chi connectivity index (χ1v) is 18.1. The number of benzene rings is 7. The van der Waals surface area contributed by atoms with Gasteiger partial charge >= 0.3 is 0 Å². The van der Waals surface area contributed by atoms with E-state index in [1.165, 1.54) is 33.1 Å². The van der Waals surface area contributed by atoms with E-state index in [0.29, 0.717) is 5.92 Å². The molecule has 0 fully saturated rings. The molecule has 7 aromatic carbocycles. The van der Waals surface area contributed by atoms with Gasteiger partial charge in [-0.05, 0) is 77.1 Å². The molecule has 1 atom stereocenters. The molecule has 3 aromatic heterocycles. The molecular formula is C49H33NO2. The van der Waals surface area contributed by atoms with E-state index in [9.17, 15) is 0 Å². The Kier molecular flexibility index (Phi) is 6.29. The van der Waals surface area contributed by atoms with Crippen molar-refractivity contribution in [3.05, 3.63) is 164 Å². The van der Waals surface area contributed by atoms with Gasteiger partial charge in [0.05, 0.1) is 16.6 Å². The van der Waals surface area contributed by atoms with Crippen LogP contribution in [-0.2, 0) is 0 Å². The van der Waals surface area contributed by atoms with Crippen LogP contribution in [0.3, 0.4) is 0 Å². The highest BCUT2D eigenvalue weighted by Crippen LogP contribution is 2.51. The third-order valence-corrected chi connectivity index (χ3v) is 10.9. The van der Waals surface area contributed by atoms with Crippen LogP contribution in [0.15, 0.2) is 173 Å². The molecule has 1 aliphatic rings. The van der Waals surface area contributed by atoms with Gasteiger partial charge in [-0.15, -0.1) is 0 Å². The number of furan rings is 2. The molecular weight excluding hydrogens is 635 g/mol. The van der Waals surface area contributed by atoms with Crippen molar-refractivity contribution >= 4 is 71.4 Å². The van der Waals surface area contributed by atoms with Crippen LogP contribution in [0.25, 0.3) is 105 Å². The van der Waals surface area contributed by atoms with Crippen molar-refractivity contribution in [1.29, 1.82) is 0 Å². The second-order valence-corrected chi connectivity index (χ2v) is 14.1. The fourth-order valence-corrected chi connectivity index (χ4v) is 8.56. The van der Waals surface area contributed by atoms with Crippen LogP contribution in [0.1, 0.15) is 13.3 Å². The summed E-state index contributed by atoms with van der Waals surface area (Å²) in [6.07, 6.45) is 8.04. The molecule has 0 radical (unpaired) electrons. The second-order valence-electron chi connectivity index (χ2n) is 14.1. The summed E-state index contributed by atoms with van der Waals surface area (Å²) in [6, 6.07) is 51.9. The molecule has 1 unspecified atom stereocenters. The van der Waals surface area contributed by atoms with Crippen molar-refractivity contribution in [3.63, 3.8) is 0 Å². The summed E-state index contributed by atoms with van der Waals surface area (Å²) in [7, 11) is 0. The van der Waals surface area contributed by atoms with Gasteiger partial charge in [0.2, 0.25) is 0 Å². The maximum Gasteiger partial charge on any atom is 0.147 e. The molecule has 246 valence electrons. The Morgan fingerprint density at radius 2 is 1.08 bits per heavy atom. The van der Waals surface area contributed by atoms with Gasteiger partial charge in [0.25, 0.3) is 0 Å². The van der Waals surface area contributed by atoms with Gasteiger partial charge < -0.3 is 13.4 Å². The molecule has 3 nitrogen and oxygen atoms in total. The van der Waals surface area contributed by atoms with Crippen molar-refractivity contribution in [2.75, 3.05) is 0 Å². The van der Waals surface area contributed by atoms with E-state index in [-0.39, 0.29) is 0 Å². The lowest BCUT2D eigenvalue weighted by atomic mass is 9.89. The van der Waals surface area contributed by atoms with Crippen LogP contribution < -0.4 is 0 Å². The fourth-order valence-electron chi connectivity index (χ4n) is 8.56. The summed E-state index contributed by atoms with van der Waals surface area (Å²) >= 11 is 0. The molecule has 3 heterocycles. The zero-order valence-corrected chi connectivity index (χ0v) is 28.6. The molecule has 3 heteroatoms. The van der Waals surface area contributed by atoms with E-state index in [4.69, 9.17) is 8.83 Å². The third-order valence-electron chi connectivity index (χ3n) is 10.9. The smallest absolute Gasteiger partial charge is 0.147 e. The number of hydrogen-bond donors (Lipinski definition) is 0. The van der Waals surface area contributed by atoms with E-state index in [0.717, 1.165) is 78.1 Å². The average Bonchev–Trinajstić information content (AvgIpc) is 3.87.